The summed E-state index contributed by atoms with van der Waals surface area (Å²) in [6.07, 6.45) is -2.11. The molecule has 2 aromatic rings. The van der Waals surface area contributed by atoms with Crippen molar-refractivity contribution in [2.45, 2.75) is 99.1 Å². The van der Waals surface area contributed by atoms with Gasteiger partial charge in [0.25, 0.3) is 11.8 Å². The number of nitrogens with zero attached hydrogens (tertiary/aromatic N) is 6. The Bertz CT molecular complexity index is 1180. The van der Waals surface area contributed by atoms with Gasteiger partial charge in [0.15, 0.2) is 11.4 Å². The number of unbranched alkanes of at least 4 members (excludes halogenated alkanes) is 2. The molecule has 2 amide bonds. The Morgan fingerprint density at radius 2 is 1.13 bits per heavy atom. The van der Waals surface area contributed by atoms with Crippen molar-refractivity contribution >= 4 is 33.4 Å². The number of amides is 2. The van der Waals surface area contributed by atoms with Gasteiger partial charge in [0, 0.05) is 13.1 Å². The van der Waals surface area contributed by atoms with Crippen LogP contribution in [0.3, 0.4) is 0 Å². The number of nitrogens with one attached hydrogen (secondary N) is 2. The summed E-state index contributed by atoms with van der Waals surface area (Å²) in [6.45, 7) is 3.66. The number of rotatable bonds is 15. The first-order valence-corrected chi connectivity index (χ1v) is 17.4. The van der Waals surface area contributed by atoms with E-state index in [0.717, 1.165) is 56.6 Å². The molecule has 0 saturated carbocycles. The van der Waals surface area contributed by atoms with Gasteiger partial charge in [-0.25, -0.2) is 9.36 Å². The maximum atomic E-state index is 12.4. The molecule has 4 rings (SSSR count). The molecule has 2 saturated heterocycles. The van der Waals surface area contributed by atoms with Crippen molar-refractivity contribution in [3.63, 3.8) is 0 Å². The maximum absolute atomic E-state index is 12.4. The monoisotopic (exact) mass is 690 g/mol. The van der Waals surface area contributed by atoms with E-state index < -0.39 is 84.6 Å². The molecular weight excluding hydrogens is 648 g/mol. The average Bonchev–Trinajstić information content (AvgIpc) is 3.73. The summed E-state index contributed by atoms with van der Waals surface area (Å²) < 4.78 is 13.8. The highest BCUT2D eigenvalue weighted by Crippen LogP contribution is 2.45. The summed E-state index contributed by atoms with van der Waals surface area (Å²) >= 11 is 0. The molecule has 8 N–H and O–H groups in total. The number of aliphatic hydroxyl groups excluding tert-OH is 6. The van der Waals surface area contributed by atoms with E-state index in [4.69, 9.17) is 9.47 Å². The summed E-state index contributed by atoms with van der Waals surface area (Å²) in [6, 6.07) is -2.33. The van der Waals surface area contributed by atoms with Gasteiger partial charge in [-0.3, -0.25) is 9.59 Å². The Morgan fingerprint density at radius 3 is 1.48 bits per heavy atom. The van der Waals surface area contributed by atoms with E-state index in [1.807, 2.05) is 13.8 Å². The minimum absolute atomic E-state index is 0.0193. The van der Waals surface area contributed by atoms with Crippen molar-refractivity contribution in [3.8, 4) is 0 Å². The van der Waals surface area contributed by atoms with Gasteiger partial charge >= 0.3 is 0 Å². The standard InChI is InChI=1S/C26H42N8O10S2/c1-3-5-7-27-23(41)13-9-33(31-29-13)17-19(37)15(11-35)43-25(21(17)39)45-46-26-22(40)18(20(38)16(12-36)44-26)34-10-14(30-32-34)24(42)28-8-6-4-2/h9-10,15-22,25-26,35-40H,3-8,11-12H2,1-2H3,(H,27,41)(H,28,42)/t15-,16-,17+,18+,19+,20+,21-,22-,25+,26+/m1/s1. The van der Waals surface area contributed by atoms with Gasteiger partial charge in [-0.05, 0) is 12.8 Å². The normalized spacial score (nSPS) is 31.5. The second-order valence-electron chi connectivity index (χ2n) is 11.0. The predicted molar refractivity (Wildman–Crippen MR) is 163 cm³/mol. The van der Waals surface area contributed by atoms with Crippen LogP contribution in [-0.2, 0) is 9.47 Å². The van der Waals surface area contributed by atoms with E-state index in [1.54, 1.807) is 0 Å². The number of ether oxygens (including phenoxy) is 2. The number of carbonyl (C=O) groups excluding carboxylic acids is 2. The summed E-state index contributed by atoms with van der Waals surface area (Å²) in [7, 11) is 1.84. The Balaban J connectivity index is 1.46. The molecule has 0 aromatic carbocycles. The molecule has 0 bridgehead atoms. The van der Waals surface area contributed by atoms with Crippen molar-refractivity contribution in [1.29, 1.82) is 0 Å². The van der Waals surface area contributed by atoms with Gasteiger partial charge in [-0.1, -0.05) is 58.7 Å². The van der Waals surface area contributed by atoms with Crippen molar-refractivity contribution in [3.05, 3.63) is 23.8 Å². The minimum Gasteiger partial charge on any atom is -0.394 e. The predicted octanol–water partition coefficient (Wildman–Crippen LogP) is -2.03. The highest BCUT2D eigenvalue weighted by molar-refractivity contribution is 8.77. The van der Waals surface area contributed by atoms with Crippen LogP contribution in [0, 0.1) is 0 Å². The second kappa shape index (κ2) is 17.1. The van der Waals surface area contributed by atoms with Crippen LogP contribution >= 0.6 is 21.6 Å². The fraction of sp³-hybridized carbons (Fsp3) is 0.769. The van der Waals surface area contributed by atoms with Crippen LogP contribution in [0.15, 0.2) is 12.4 Å². The van der Waals surface area contributed by atoms with E-state index in [0.29, 0.717) is 13.1 Å². The minimum atomic E-state index is -1.44. The Hall–Kier alpha value is -2.40. The van der Waals surface area contributed by atoms with Crippen LogP contribution in [-0.4, -0.2) is 146 Å². The molecule has 258 valence electrons. The van der Waals surface area contributed by atoms with Gasteiger partial charge < -0.3 is 50.7 Å². The number of carbonyl (C=O) groups is 2. The highest BCUT2D eigenvalue weighted by atomic mass is 33.1. The fourth-order valence-corrected chi connectivity index (χ4v) is 7.78. The maximum Gasteiger partial charge on any atom is 0.273 e. The molecule has 18 nitrogen and oxygen atoms in total. The third kappa shape index (κ3) is 8.35. The topological polar surface area (TPSA) is 259 Å². The van der Waals surface area contributed by atoms with Gasteiger partial charge in [0.2, 0.25) is 0 Å². The van der Waals surface area contributed by atoms with Crippen LogP contribution in [0.5, 0.6) is 0 Å². The van der Waals surface area contributed by atoms with E-state index in [2.05, 4.69) is 31.3 Å². The average molecular weight is 691 g/mol. The Kier molecular flexibility index (Phi) is 13.6. The first-order valence-electron chi connectivity index (χ1n) is 15.1. The van der Waals surface area contributed by atoms with E-state index >= 15 is 0 Å². The zero-order valence-electron chi connectivity index (χ0n) is 25.4. The van der Waals surface area contributed by atoms with Crippen molar-refractivity contribution in [2.75, 3.05) is 26.3 Å². The van der Waals surface area contributed by atoms with Gasteiger partial charge in [0.05, 0.1) is 25.6 Å². The van der Waals surface area contributed by atoms with E-state index in [1.165, 1.54) is 12.4 Å². The van der Waals surface area contributed by atoms with Crippen molar-refractivity contribution < 1.29 is 49.7 Å². The summed E-state index contributed by atoms with van der Waals surface area (Å²) in [5, 5.41) is 85.1. The zero-order valence-corrected chi connectivity index (χ0v) is 27.0. The van der Waals surface area contributed by atoms with Crippen LogP contribution in [0.2, 0.25) is 0 Å². The number of aliphatic hydroxyl groups is 6. The summed E-state index contributed by atoms with van der Waals surface area (Å²) in [5.41, 5.74) is -2.26. The van der Waals surface area contributed by atoms with Crippen LogP contribution in [0.25, 0.3) is 0 Å². The molecule has 0 aliphatic carbocycles. The number of hydrogen-bond acceptors (Lipinski definition) is 16. The van der Waals surface area contributed by atoms with Crippen LogP contribution < -0.4 is 10.6 Å². The number of hydrogen-bond donors (Lipinski definition) is 8. The zero-order chi connectivity index (χ0) is 33.4. The van der Waals surface area contributed by atoms with Gasteiger partial charge in [-0.2, -0.15) is 0 Å². The molecule has 4 heterocycles. The summed E-state index contributed by atoms with van der Waals surface area (Å²) in [4.78, 5) is 24.9. The smallest absolute Gasteiger partial charge is 0.273 e. The van der Waals surface area contributed by atoms with Gasteiger partial charge in [0.1, 0.15) is 59.6 Å². The SMILES string of the molecule is CCCCNC(=O)c1cn([C@H]2[C@@H](O)[C@@H](CO)O[C@@H](SS[C@@H]3O[C@H](CO)[C@H](O)[C@H](n4cc(C(=O)NCCCC)nn4)[C@H]3O)[C@@H]2O)nn1. The molecule has 0 unspecified atom stereocenters. The molecule has 10 atom stereocenters. The van der Waals surface area contributed by atoms with Gasteiger partial charge in [-0.15, -0.1) is 10.2 Å². The molecule has 2 fully saturated rings. The van der Waals surface area contributed by atoms with Crippen LogP contribution in [0.4, 0.5) is 0 Å². The first-order chi connectivity index (χ1) is 22.1. The Labute approximate surface area is 272 Å². The lowest BCUT2D eigenvalue weighted by Gasteiger charge is -2.43. The molecule has 20 heteroatoms. The van der Waals surface area contributed by atoms with E-state index in [-0.39, 0.29) is 11.4 Å². The molecular formula is C26H42N8O10S2. The van der Waals surface area contributed by atoms with Crippen LogP contribution in [0.1, 0.15) is 72.6 Å². The molecule has 2 aliphatic rings. The summed E-state index contributed by atoms with van der Waals surface area (Å²) in [5.74, 6) is -0.933. The Morgan fingerprint density at radius 1 is 0.739 bits per heavy atom. The largest absolute Gasteiger partial charge is 0.394 e. The molecule has 2 aliphatic heterocycles. The van der Waals surface area contributed by atoms with Crippen molar-refractivity contribution in [1.82, 2.24) is 40.6 Å². The third-order valence-electron chi connectivity index (χ3n) is 7.67. The molecule has 46 heavy (non-hydrogen) atoms. The molecule has 0 spiro atoms. The number of aromatic nitrogens is 6. The lowest BCUT2D eigenvalue weighted by molar-refractivity contribution is -0.179. The lowest BCUT2D eigenvalue weighted by Crippen LogP contribution is -2.56. The van der Waals surface area contributed by atoms with E-state index in [9.17, 15) is 40.2 Å². The third-order valence-corrected chi connectivity index (χ3v) is 10.4. The second-order valence-corrected chi connectivity index (χ2v) is 13.4. The first kappa shape index (κ1) is 36.4. The lowest BCUT2D eigenvalue weighted by atomic mass is 9.97. The molecule has 2 aromatic heterocycles. The highest BCUT2D eigenvalue weighted by Gasteiger charge is 2.50. The fourth-order valence-electron chi connectivity index (χ4n) is 5.02. The van der Waals surface area contributed by atoms with Crippen molar-refractivity contribution in [2.24, 2.45) is 0 Å². The quantitative estimate of drug-likeness (QED) is 0.0740. The molecule has 0 radical (unpaired) electrons.